The van der Waals surface area contributed by atoms with Crippen LogP contribution in [-0.4, -0.2) is 11.9 Å². The van der Waals surface area contributed by atoms with Gasteiger partial charge in [0.25, 0.3) is 0 Å². The first-order valence-electron chi connectivity index (χ1n) is 5.85. The Morgan fingerprint density at radius 2 is 1.71 bits per heavy atom. The van der Waals surface area contributed by atoms with Gasteiger partial charge in [0.1, 0.15) is 5.84 Å². The highest BCUT2D eigenvalue weighted by molar-refractivity contribution is 6.30. The molecular formula is C13H17Cl2N2-. The molecule has 0 radical (unpaired) electrons. The van der Waals surface area contributed by atoms with E-state index in [0.717, 1.165) is 10.6 Å². The molecule has 1 aliphatic carbocycles. The van der Waals surface area contributed by atoms with E-state index in [1.54, 1.807) is 0 Å². The second-order valence-electron chi connectivity index (χ2n) is 4.31. The summed E-state index contributed by atoms with van der Waals surface area (Å²) in [6, 6.07) is 7.96. The first kappa shape index (κ1) is 14.3. The van der Waals surface area contributed by atoms with Crippen molar-refractivity contribution in [2.75, 3.05) is 0 Å². The number of halogens is 2. The minimum atomic E-state index is 0. The highest BCUT2D eigenvalue weighted by atomic mass is 35.5. The number of nitrogens with two attached hydrogens (primary N) is 1. The molecule has 1 saturated carbocycles. The van der Waals surface area contributed by atoms with Gasteiger partial charge < -0.3 is 18.1 Å². The summed E-state index contributed by atoms with van der Waals surface area (Å²) in [4.78, 5) is 4.59. The lowest BCUT2D eigenvalue weighted by atomic mass is 9.96. The summed E-state index contributed by atoms with van der Waals surface area (Å²) in [6.45, 7) is 0. The van der Waals surface area contributed by atoms with Gasteiger partial charge in [-0.2, -0.15) is 0 Å². The van der Waals surface area contributed by atoms with E-state index >= 15 is 0 Å². The smallest absolute Gasteiger partial charge is 0.125 e. The Morgan fingerprint density at radius 3 is 2.29 bits per heavy atom. The first-order valence-corrected chi connectivity index (χ1v) is 6.23. The van der Waals surface area contributed by atoms with Gasteiger partial charge in [0.15, 0.2) is 0 Å². The van der Waals surface area contributed by atoms with Gasteiger partial charge in [0.05, 0.1) is 6.04 Å². The molecule has 0 aliphatic heterocycles. The number of hydrogen-bond acceptors (Lipinski definition) is 1. The van der Waals surface area contributed by atoms with Crippen molar-refractivity contribution in [2.24, 2.45) is 10.7 Å². The Kier molecular flexibility index (Phi) is 5.79. The summed E-state index contributed by atoms with van der Waals surface area (Å²) in [5.41, 5.74) is 6.95. The second kappa shape index (κ2) is 6.87. The van der Waals surface area contributed by atoms with Crippen LogP contribution in [0.3, 0.4) is 0 Å². The highest BCUT2D eigenvalue weighted by Gasteiger charge is 2.12. The average Bonchev–Trinajstić information content (AvgIpc) is 2.31. The van der Waals surface area contributed by atoms with Gasteiger partial charge in [0, 0.05) is 10.6 Å². The van der Waals surface area contributed by atoms with Crippen molar-refractivity contribution in [2.45, 2.75) is 38.1 Å². The number of hydrogen-bond donors (Lipinski definition) is 1. The molecule has 4 heteroatoms. The molecule has 2 nitrogen and oxygen atoms in total. The Labute approximate surface area is 114 Å². The summed E-state index contributed by atoms with van der Waals surface area (Å²) in [7, 11) is 0. The molecule has 0 unspecified atom stereocenters. The molecule has 0 spiro atoms. The van der Waals surface area contributed by atoms with Crippen LogP contribution in [0, 0.1) is 0 Å². The maximum absolute atomic E-state index is 5.98. The fraction of sp³-hybridized carbons (Fsp3) is 0.462. The monoisotopic (exact) mass is 271 g/mol. The average molecular weight is 272 g/mol. The van der Waals surface area contributed by atoms with E-state index in [1.165, 1.54) is 32.1 Å². The quantitative estimate of drug-likeness (QED) is 0.613. The lowest BCUT2D eigenvalue weighted by Gasteiger charge is -2.18. The second-order valence-corrected chi connectivity index (χ2v) is 4.75. The van der Waals surface area contributed by atoms with Crippen LogP contribution in [0.1, 0.15) is 37.7 Å². The molecule has 1 fully saturated rings. The number of aliphatic imine (C=N–C) groups is 1. The van der Waals surface area contributed by atoms with Gasteiger partial charge in [-0.25, -0.2) is 0 Å². The Bertz CT molecular complexity index is 368. The van der Waals surface area contributed by atoms with Crippen LogP contribution in [0.15, 0.2) is 29.3 Å². The zero-order valence-electron chi connectivity index (χ0n) is 9.70. The summed E-state index contributed by atoms with van der Waals surface area (Å²) in [6.07, 6.45) is 6.25. The third-order valence-corrected chi connectivity index (χ3v) is 3.29. The molecular weight excluding hydrogens is 255 g/mol. The van der Waals surface area contributed by atoms with Crippen LogP contribution in [0.25, 0.3) is 0 Å². The number of rotatable bonds is 2. The molecule has 17 heavy (non-hydrogen) atoms. The minimum absolute atomic E-state index is 0. The summed E-state index contributed by atoms with van der Waals surface area (Å²) in [5, 5.41) is 0.731. The summed E-state index contributed by atoms with van der Waals surface area (Å²) < 4.78 is 0. The molecule has 0 amide bonds. The SMILES string of the molecule is NC(=NC1CCCCC1)c1ccc(Cl)cc1.[Cl-]. The standard InChI is InChI=1S/C13H17ClN2.ClH/c14-11-8-6-10(7-9-11)13(15)16-12-4-2-1-3-5-12;/h6-9,12H,1-5H2,(H2,15,16);1H/p-1. The number of benzene rings is 1. The van der Waals surface area contributed by atoms with Crippen LogP contribution < -0.4 is 18.1 Å². The molecule has 2 rings (SSSR count). The molecule has 0 heterocycles. The zero-order chi connectivity index (χ0) is 11.4. The van der Waals surface area contributed by atoms with Crippen LogP contribution in [-0.2, 0) is 0 Å². The maximum atomic E-state index is 5.98. The molecule has 0 aromatic heterocycles. The zero-order valence-corrected chi connectivity index (χ0v) is 11.2. The van der Waals surface area contributed by atoms with Crippen molar-refractivity contribution < 1.29 is 12.4 Å². The van der Waals surface area contributed by atoms with Crippen LogP contribution in [0.5, 0.6) is 0 Å². The van der Waals surface area contributed by atoms with E-state index in [9.17, 15) is 0 Å². The number of nitrogens with zero attached hydrogens (tertiary/aromatic N) is 1. The lowest BCUT2D eigenvalue weighted by molar-refractivity contribution is -0.00000342. The molecule has 0 saturated heterocycles. The molecule has 2 N–H and O–H groups in total. The maximum Gasteiger partial charge on any atom is 0.125 e. The largest absolute Gasteiger partial charge is 1.00 e. The molecule has 1 aromatic carbocycles. The fourth-order valence-corrected chi connectivity index (χ4v) is 2.23. The molecule has 1 aliphatic rings. The Morgan fingerprint density at radius 1 is 1.12 bits per heavy atom. The topological polar surface area (TPSA) is 38.4 Å². The normalized spacial score (nSPS) is 17.6. The summed E-state index contributed by atoms with van der Waals surface area (Å²) >= 11 is 5.83. The van der Waals surface area contributed by atoms with Gasteiger partial charge in [-0.3, -0.25) is 4.99 Å². The van der Waals surface area contributed by atoms with Crippen LogP contribution in [0.4, 0.5) is 0 Å². The van der Waals surface area contributed by atoms with Crippen molar-refractivity contribution >= 4 is 17.4 Å². The van der Waals surface area contributed by atoms with Crippen molar-refractivity contribution in [3.8, 4) is 0 Å². The van der Waals surface area contributed by atoms with Gasteiger partial charge >= 0.3 is 0 Å². The predicted octanol–water partition coefficient (Wildman–Crippen LogP) is 0.382. The molecule has 0 bridgehead atoms. The third kappa shape index (κ3) is 4.21. The third-order valence-electron chi connectivity index (χ3n) is 3.04. The first-order chi connectivity index (χ1) is 7.75. The van der Waals surface area contributed by atoms with Gasteiger partial charge in [-0.15, -0.1) is 0 Å². The lowest BCUT2D eigenvalue weighted by Crippen LogP contribution is -3.00. The van der Waals surface area contributed by atoms with Gasteiger partial charge in [-0.05, 0) is 37.1 Å². The predicted molar refractivity (Wildman–Crippen MR) is 69.0 cm³/mol. The van der Waals surface area contributed by atoms with Gasteiger partial charge in [0.2, 0.25) is 0 Å². The minimum Gasteiger partial charge on any atom is -1.00 e. The highest BCUT2D eigenvalue weighted by Crippen LogP contribution is 2.20. The van der Waals surface area contributed by atoms with Crippen LogP contribution >= 0.6 is 11.6 Å². The van der Waals surface area contributed by atoms with Crippen LogP contribution in [0.2, 0.25) is 5.02 Å². The van der Waals surface area contributed by atoms with Gasteiger partial charge in [-0.1, -0.05) is 30.9 Å². The van der Waals surface area contributed by atoms with E-state index in [1.807, 2.05) is 24.3 Å². The van der Waals surface area contributed by atoms with E-state index < -0.39 is 0 Å². The van der Waals surface area contributed by atoms with E-state index in [4.69, 9.17) is 17.3 Å². The fourth-order valence-electron chi connectivity index (χ4n) is 2.10. The van der Waals surface area contributed by atoms with E-state index in [2.05, 4.69) is 4.99 Å². The molecule has 0 atom stereocenters. The van der Waals surface area contributed by atoms with Crippen molar-refractivity contribution in [3.63, 3.8) is 0 Å². The van der Waals surface area contributed by atoms with E-state index in [0.29, 0.717) is 11.9 Å². The van der Waals surface area contributed by atoms with Crippen molar-refractivity contribution in [1.82, 2.24) is 0 Å². The Hall–Kier alpha value is -0.730. The van der Waals surface area contributed by atoms with E-state index in [-0.39, 0.29) is 12.4 Å². The molecule has 94 valence electrons. The van der Waals surface area contributed by atoms with Crippen molar-refractivity contribution in [1.29, 1.82) is 0 Å². The molecule has 1 aromatic rings. The number of amidine groups is 1. The summed E-state index contributed by atoms with van der Waals surface area (Å²) in [5.74, 6) is 0.642. The Balaban J connectivity index is 0.00000144. The van der Waals surface area contributed by atoms with Crippen molar-refractivity contribution in [3.05, 3.63) is 34.9 Å².